The van der Waals surface area contributed by atoms with Crippen LogP contribution in [0.5, 0.6) is 0 Å². The summed E-state index contributed by atoms with van der Waals surface area (Å²) in [6, 6.07) is 12.6. The zero-order valence-electron chi connectivity index (χ0n) is 25.6. The molecule has 218 valence electrons. The van der Waals surface area contributed by atoms with E-state index in [0.29, 0.717) is 11.7 Å². The molecule has 2 aromatic heterocycles. The molecule has 0 amide bonds. The highest BCUT2D eigenvalue weighted by Crippen LogP contribution is 2.33. The first-order chi connectivity index (χ1) is 20.2. The Hall–Kier alpha value is -4.71. The van der Waals surface area contributed by atoms with Crippen LogP contribution in [0.25, 0.3) is 33.3 Å². The molecule has 0 bridgehead atoms. The summed E-state index contributed by atoms with van der Waals surface area (Å²) in [4.78, 5) is 12.6. The van der Waals surface area contributed by atoms with Gasteiger partial charge in [0.25, 0.3) is 0 Å². The van der Waals surface area contributed by atoms with Gasteiger partial charge in [0.1, 0.15) is 11.6 Å². The molecule has 2 aromatic carbocycles. The number of benzene rings is 2. The fourth-order valence-corrected chi connectivity index (χ4v) is 4.63. The van der Waals surface area contributed by atoms with Gasteiger partial charge in [0, 0.05) is 47.0 Å². The van der Waals surface area contributed by atoms with Gasteiger partial charge < -0.3 is 15.6 Å². The van der Waals surface area contributed by atoms with E-state index in [1.807, 2.05) is 33.9 Å². The summed E-state index contributed by atoms with van der Waals surface area (Å²) in [7, 11) is 1.89. The van der Waals surface area contributed by atoms with Crippen molar-refractivity contribution in [2.24, 2.45) is 5.92 Å². The quantitative estimate of drug-likeness (QED) is 0.159. The summed E-state index contributed by atoms with van der Waals surface area (Å²) in [5.74, 6) is 0.859. The lowest BCUT2D eigenvalue weighted by atomic mass is 9.96. The highest BCUT2D eigenvalue weighted by atomic mass is 19.1. The number of hydrogen-bond acceptors (Lipinski definition) is 4. The second-order valence-electron chi connectivity index (χ2n) is 10.0. The maximum absolute atomic E-state index is 13.5. The van der Waals surface area contributed by atoms with Crippen LogP contribution in [0.15, 0.2) is 104 Å². The highest BCUT2D eigenvalue weighted by Gasteiger charge is 2.16. The van der Waals surface area contributed by atoms with Crippen LogP contribution in [0.3, 0.4) is 0 Å². The highest BCUT2D eigenvalue weighted by molar-refractivity contribution is 5.94. The molecular weight excluding hydrogens is 521 g/mol. The number of nitrogens with zero attached hydrogens (tertiary/aromatic N) is 2. The lowest BCUT2D eigenvalue weighted by Gasteiger charge is -2.15. The number of aromatic nitrogens is 3. The molecule has 2 heterocycles. The van der Waals surface area contributed by atoms with E-state index in [-0.39, 0.29) is 5.82 Å². The predicted octanol–water partition coefficient (Wildman–Crippen LogP) is 9.52. The molecule has 5 nitrogen and oxygen atoms in total. The summed E-state index contributed by atoms with van der Waals surface area (Å²) < 4.78 is 13.5. The van der Waals surface area contributed by atoms with E-state index in [9.17, 15) is 4.39 Å². The molecule has 0 saturated carbocycles. The molecule has 4 aromatic rings. The van der Waals surface area contributed by atoms with Crippen LogP contribution in [0.1, 0.15) is 58.0 Å². The molecule has 42 heavy (non-hydrogen) atoms. The van der Waals surface area contributed by atoms with Crippen LogP contribution in [0.2, 0.25) is 0 Å². The molecular formula is C36H42FN5. The number of halogens is 1. The van der Waals surface area contributed by atoms with Gasteiger partial charge in [-0.25, -0.2) is 9.37 Å². The molecule has 4 rings (SSSR count). The van der Waals surface area contributed by atoms with E-state index in [1.165, 1.54) is 12.1 Å². The fraction of sp³-hybridized carbons (Fsp3) is 0.222. The van der Waals surface area contributed by atoms with Gasteiger partial charge in [0.2, 0.25) is 0 Å². The van der Waals surface area contributed by atoms with Crippen LogP contribution in [-0.2, 0) is 0 Å². The Balaban J connectivity index is 0.00000237. The minimum atomic E-state index is -0.286. The van der Waals surface area contributed by atoms with E-state index in [1.54, 1.807) is 30.6 Å². The number of fused-ring (bicyclic) bond motifs is 1. The zero-order chi connectivity index (χ0) is 30.8. The number of nitrogens with one attached hydrogen (secondary N) is 3. The third-order valence-electron chi connectivity index (χ3n) is 6.60. The van der Waals surface area contributed by atoms with Gasteiger partial charge in [-0.15, -0.1) is 0 Å². The van der Waals surface area contributed by atoms with E-state index >= 15 is 0 Å². The van der Waals surface area contributed by atoms with Crippen molar-refractivity contribution in [2.75, 3.05) is 12.4 Å². The largest absolute Gasteiger partial charge is 0.388 e. The van der Waals surface area contributed by atoms with Crippen molar-refractivity contribution in [2.45, 2.75) is 41.0 Å². The number of anilines is 1. The predicted molar refractivity (Wildman–Crippen MR) is 178 cm³/mol. The SMILES string of the molecule is C=C/C(=C\C(=C/C)c1ccc(NC)c(C(=C)c2nc3c(-c4ccc(F)cc4)cncc3[nH]2)c1)NC(=C)CC(C)C.CC. The third kappa shape index (κ3) is 7.52. The molecule has 0 spiro atoms. The number of allylic oxidation sites excluding steroid dienone is 5. The Morgan fingerprint density at radius 1 is 1.07 bits per heavy atom. The van der Waals surface area contributed by atoms with Crippen molar-refractivity contribution in [1.29, 1.82) is 0 Å². The second-order valence-corrected chi connectivity index (χ2v) is 10.0. The van der Waals surface area contributed by atoms with Crippen LogP contribution >= 0.6 is 0 Å². The Labute approximate surface area is 249 Å². The number of imidazole rings is 1. The summed E-state index contributed by atoms with van der Waals surface area (Å²) in [6.07, 6.45) is 10.3. The minimum Gasteiger partial charge on any atom is -0.388 e. The summed E-state index contributed by atoms with van der Waals surface area (Å²) in [6.45, 7) is 22.9. The maximum atomic E-state index is 13.5. The van der Waals surface area contributed by atoms with Crippen molar-refractivity contribution in [3.63, 3.8) is 0 Å². The number of hydrogen-bond donors (Lipinski definition) is 3. The molecule has 6 heteroatoms. The molecule has 0 aliphatic rings. The van der Waals surface area contributed by atoms with Crippen LogP contribution in [-0.4, -0.2) is 22.0 Å². The molecule has 3 N–H and O–H groups in total. The fourth-order valence-electron chi connectivity index (χ4n) is 4.63. The van der Waals surface area contributed by atoms with Gasteiger partial charge in [-0.05, 0) is 72.4 Å². The van der Waals surface area contributed by atoms with Crippen molar-refractivity contribution < 1.29 is 4.39 Å². The molecule has 0 unspecified atom stereocenters. The Kier molecular flexibility index (Phi) is 11.2. The minimum absolute atomic E-state index is 0.286. The molecule has 0 radical (unpaired) electrons. The van der Waals surface area contributed by atoms with Gasteiger partial charge in [0.05, 0.1) is 17.2 Å². The van der Waals surface area contributed by atoms with Crippen LogP contribution < -0.4 is 10.6 Å². The zero-order valence-corrected chi connectivity index (χ0v) is 25.6. The summed E-state index contributed by atoms with van der Waals surface area (Å²) >= 11 is 0. The van der Waals surface area contributed by atoms with Crippen molar-refractivity contribution in [1.82, 2.24) is 20.3 Å². The van der Waals surface area contributed by atoms with Gasteiger partial charge in [-0.3, -0.25) is 4.98 Å². The van der Waals surface area contributed by atoms with Gasteiger partial charge in [-0.2, -0.15) is 0 Å². The lowest BCUT2D eigenvalue weighted by Crippen LogP contribution is -2.12. The molecule has 0 aliphatic heterocycles. The monoisotopic (exact) mass is 563 g/mol. The van der Waals surface area contributed by atoms with E-state index in [0.717, 1.165) is 67.9 Å². The number of aromatic amines is 1. The second kappa shape index (κ2) is 14.8. The van der Waals surface area contributed by atoms with Crippen LogP contribution in [0.4, 0.5) is 10.1 Å². The molecule has 0 fully saturated rings. The van der Waals surface area contributed by atoms with Gasteiger partial charge in [0.15, 0.2) is 0 Å². The normalized spacial score (nSPS) is 11.6. The number of pyridine rings is 1. The standard InChI is InChI=1S/C34H36FN5.C2H6/c1-8-24(17-28(9-2)38-22(5)16-21(3)4)26-12-15-31(36-7)29(18-26)23(6)34-39-32-20-37-19-30(33(32)40-34)25-10-13-27(35)14-11-25;1-2/h8-15,17-21,36,38H,2,5-6,16H2,1,3-4,7H3,(H,39,40);1-2H3/b24-8+,28-17+;. The van der Waals surface area contributed by atoms with Gasteiger partial charge in [-0.1, -0.05) is 71.7 Å². The van der Waals surface area contributed by atoms with Crippen molar-refractivity contribution >= 4 is 27.9 Å². The first-order valence-electron chi connectivity index (χ1n) is 14.3. The van der Waals surface area contributed by atoms with Gasteiger partial charge >= 0.3 is 0 Å². The smallest absolute Gasteiger partial charge is 0.138 e. The van der Waals surface area contributed by atoms with E-state index < -0.39 is 0 Å². The van der Waals surface area contributed by atoms with Crippen molar-refractivity contribution in [3.8, 4) is 11.1 Å². The average molecular weight is 564 g/mol. The molecule has 0 saturated heterocycles. The Morgan fingerprint density at radius 2 is 1.79 bits per heavy atom. The first-order valence-corrected chi connectivity index (χ1v) is 14.3. The van der Waals surface area contributed by atoms with Crippen molar-refractivity contribution in [3.05, 3.63) is 127 Å². The number of rotatable bonds is 11. The number of H-pyrrole nitrogens is 1. The Morgan fingerprint density at radius 3 is 2.40 bits per heavy atom. The Bertz CT molecular complexity index is 1620. The lowest BCUT2D eigenvalue weighted by molar-refractivity contribution is 0.622. The molecule has 0 aliphatic carbocycles. The maximum Gasteiger partial charge on any atom is 0.138 e. The third-order valence-corrected chi connectivity index (χ3v) is 6.60. The average Bonchev–Trinajstić information content (AvgIpc) is 3.44. The summed E-state index contributed by atoms with van der Waals surface area (Å²) in [5.41, 5.74) is 9.67. The first kappa shape index (κ1) is 31.8. The summed E-state index contributed by atoms with van der Waals surface area (Å²) in [5, 5.41) is 6.67. The molecule has 0 atom stereocenters. The topological polar surface area (TPSA) is 65.6 Å². The van der Waals surface area contributed by atoms with E-state index in [2.05, 4.69) is 78.5 Å². The van der Waals surface area contributed by atoms with E-state index in [4.69, 9.17) is 4.98 Å². The van der Waals surface area contributed by atoms with Crippen LogP contribution in [0, 0.1) is 11.7 Å².